The first kappa shape index (κ1) is 26.0. The summed E-state index contributed by atoms with van der Waals surface area (Å²) in [6, 6.07) is 16.8. The van der Waals surface area contributed by atoms with Gasteiger partial charge in [0.15, 0.2) is 11.5 Å². The molecule has 0 heterocycles. The van der Waals surface area contributed by atoms with Gasteiger partial charge in [0.1, 0.15) is 0 Å². The van der Waals surface area contributed by atoms with E-state index in [0.717, 1.165) is 27.9 Å². The maximum Gasteiger partial charge on any atom is 0.269 e. The summed E-state index contributed by atoms with van der Waals surface area (Å²) in [4.78, 5) is 24.9. The average molecular weight is 500 g/mol. The fourth-order valence-electron chi connectivity index (χ4n) is 3.29. The Balaban J connectivity index is 1.59. The third-order valence-electron chi connectivity index (χ3n) is 5.29. The molecule has 0 saturated carbocycles. The van der Waals surface area contributed by atoms with Gasteiger partial charge in [-0.3, -0.25) is 20.4 Å². The molecule has 0 aliphatic rings. The van der Waals surface area contributed by atoms with Gasteiger partial charge >= 0.3 is 0 Å². The summed E-state index contributed by atoms with van der Waals surface area (Å²) in [5.74, 6) is -0.378. The third-order valence-corrected chi connectivity index (χ3v) is 7.09. The lowest BCUT2D eigenvalue weighted by Gasteiger charge is -2.17. The number of rotatable bonds is 10. The minimum atomic E-state index is -3.91. The van der Waals surface area contributed by atoms with E-state index < -0.39 is 28.4 Å². The molecule has 0 fully saturated rings. The predicted octanol–water partition coefficient (Wildman–Crippen LogP) is 3.11. The first-order valence-corrected chi connectivity index (χ1v) is 12.6. The van der Waals surface area contributed by atoms with Crippen molar-refractivity contribution in [1.29, 1.82) is 0 Å². The number of hydrogen-bond acceptors (Lipinski definition) is 6. The summed E-state index contributed by atoms with van der Waals surface area (Å²) in [6.07, 6.45) is 1.88. The highest BCUT2D eigenvalue weighted by atomic mass is 32.2. The molecule has 3 aromatic rings. The minimum Gasteiger partial charge on any atom is -0.493 e. The van der Waals surface area contributed by atoms with Gasteiger partial charge < -0.3 is 9.47 Å². The van der Waals surface area contributed by atoms with Crippen LogP contribution in [-0.4, -0.2) is 51.8 Å². The van der Waals surface area contributed by atoms with E-state index in [9.17, 15) is 18.0 Å². The smallest absolute Gasteiger partial charge is 0.269 e. The number of amides is 2. The molecule has 186 valence electrons. The molecule has 0 saturated heterocycles. The Labute approximate surface area is 205 Å². The van der Waals surface area contributed by atoms with Crippen LogP contribution in [0.5, 0.6) is 11.5 Å². The molecule has 35 heavy (non-hydrogen) atoms. The summed E-state index contributed by atoms with van der Waals surface area (Å²) in [5, 5.41) is 1.68. The van der Waals surface area contributed by atoms with Crippen LogP contribution in [-0.2, 0) is 14.8 Å². The molecule has 0 spiro atoms. The number of carbonyl (C=O) groups excluding carboxylic acids is 2. The standard InChI is InChI=1S/C25H29N3O6S/c1-4-5-14-34-22-13-11-20(16-23(22)33-3)25(30)27-26-24(29)17-28(2)35(31,32)21-12-10-18-8-6-7-9-19(18)15-21/h6-13,15-16H,4-5,14,17H2,1-3H3,(H,26,29)(H,27,30). The normalized spacial score (nSPS) is 11.3. The fourth-order valence-corrected chi connectivity index (χ4v) is 4.45. The molecule has 0 aliphatic heterocycles. The summed E-state index contributed by atoms with van der Waals surface area (Å²) < 4.78 is 37.7. The number of hydrazine groups is 1. The van der Waals surface area contributed by atoms with E-state index in [0.29, 0.717) is 18.1 Å². The number of nitrogens with zero attached hydrogens (tertiary/aromatic N) is 1. The maximum atomic E-state index is 12.9. The maximum absolute atomic E-state index is 12.9. The third kappa shape index (κ3) is 6.49. The molecule has 0 atom stereocenters. The molecule has 0 radical (unpaired) electrons. The number of ether oxygens (including phenoxy) is 2. The van der Waals surface area contributed by atoms with Crippen LogP contribution in [0.15, 0.2) is 65.6 Å². The van der Waals surface area contributed by atoms with E-state index >= 15 is 0 Å². The van der Waals surface area contributed by atoms with E-state index in [4.69, 9.17) is 9.47 Å². The van der Waals surface area contributed by atoms with Crippen molar-refractivity contribution in [2.75, 3.05) is 27.3 Å². The molecule has 0 aromatic heterocycles. The Morgan fingerprint density at radius 1 is 0.943 bits per heavy atom. The van der Waals surface area contributed by atoms with E-state index in [1.165, 1.54) is 26.3 Å². The number of nitrogens with one attached hydrogen (secondary N) is 2. The van der Waals surface area contributed by atoms with Crippen molar-refractivity contribution in [2.24, 2.45) is 0 Å². The van der Waals surface area contributed by atoms with Crippen molar-refractivity contribution < 1.29 is 27.5 Å². The van der Waals surface area contributed by atoms with Crippen LogP contribution in [0.3, 0.4) is 0 Å². The predicted molar refractivity (Wildman–Crippen MR) is 133 cm³/mol. The van der Waals surface area contributed by atoms with E-state index in [-0.39, 0.29) is 10.5 Å². The van der Waals surface area contributed by atoms with Crippen molar-refractivity contribution in [3.05, 3.63) is 66.2 Å². The first-order chi connectivity index (χ1) is 16.8. The number of benzene rings is 3. The highest BCUT2D eigenvalue weighted by Crippen LogP contribution is 2.28. The molecular formula is C25H29N3O6S. The first-order valence-electron chi connectivity index (χ1n) is 11.1. The number of likely N-dealkylation sites (N-methyl/N-ethyl adjacent to an activating group) is 1. The summed E-state index contributed by atoms with van der Waals surface area (Å²) in [7, 11) is -1.14. The summed E-state index contributed by atoms with van der Waals surface area (Å²) >= 11 is 0. The lowest BCUT2D eigenvalue weighted by Crippen LogP contribution is -2.46. The van der Waals surface area contributed by atoms with Crippen LogP contribution in [0.4, 0.5) is 0 Å². The SMILES string of the molecule is CCCCOc1ccc(C(=O)NNC(=O)CN(C)S(=O)(=O)c2ccc3ccccc3c2)cc1OC. The molecule has 2 N–H and O–H groups in total. The molecule has 0 aliphatic carbocycles. The number of fused-ring (bicyclic) bond motifs is 1. The lowest BCUT2D eigenvalue weighted by atomic mass is 10.1. The molecule has 10 heteroatoms. The van der Waals surface area contributed by atoms with Crippen molar-refractivity contribution in [2.45, 2.75) is 24.7 Å². The van der Waals surface area contributed by atoms with E-state index in [2.05, 4.69) is 17.8 Å². The van der Waals surface area contributed by atoms with Crippen molar-refractivity contribution in [3.8, 4) is 11.5 Å². The van der Waals surface area contributed by atoms with Crippen molar-refractivity contribution >= 4 is 32.6 Å². The number of carbonyl (C=O) groups is 2. The molecule has 9 nitrogen and oxygen atoms in total. The number of methoxy groups -OCH3 is 1. The van der Waals surface area contributed by atoms with Crippen LogP contribution >= 0.6 is 0 Å². The zero-order valence-corrected chi connectivity index (χ0v) is 20.7. The van der Waals surface area contributed by atoms with Crippen LogP contribution in [0.1, 0.15) is 30.1 Å². The second-order valence-electron chi connectivity index (χ2n) is 7.84. The zero-order valence-electron chi connectivity index (χ0n) is 19.9. The lowest BCUT2D eigenvalue weighted by molar-refractivity contribution is -0.121. The van der Waals surface area contributed by atoms with Gasteiger partial charge in [-0.15, -0.1) is 0 Å². The summed E-state index contributed by atoms with van der Waals surface area (Å²) in [5.41, 5.74) is 4.77. The Morgan fingerprint density at radius 3 is 2.40 bits per heavy atom. The van der Waals surface area contributed by atoms with E-state index in [1.54, 1.807) is 24.3 Å². The van der Waals surface area contributed by atoms with Crippen LogP contribution < -0.4 is 20.3 Å². The van der Waals surface area contributed by atoms with Crippen LogP contribution in [0, 0.1) is 0 Å². The summed E-state index contributed by atoms with van der Waals surface area (Å²) in [6.45, 7) is 2.10. The van der Waals surface area contributed by atoms with Crippen LogP contribution in [0.2, 0.25) is 0 Å². The fraction of sp³-hybridized carbons (Fsp3) is 0.280. The molecule has 2 amide bonds. The van der Waals surface area contributed by atoms with Gasteiger partial charge in [-0.2, -0.15) is 4.31 Å². The minimum absolute atomic E-state index is 0.0730. The van der Waals surface area contributed by atoms with Crippen molar-refractivity contribution in [1.82, 2.24) is 15.2 Å². The van der Waals surface area contributed by atoms with Crippen LogP contribution in [0.25, 0.3) is 10.8 Å². The second kappa shape index (κ2) is 11.7. The Hall–Kier alpha value is -3.63. The number of hydrogen-bond donors (Lipinski definition) is 2. The topological polar surface area (TPSA) is 114 Å². The van der Waals surface area contributed by atoms with Gasteiger partial charge in [0.05, 0.1) is 25.2 Å². The second-order valence-corrected chi connectivity index (χ2v) is 9.88. The Morgan fingerprint density at radius 2 is 1.69 bits per heavy atom. The van der Waals surface area contributed by atoms with Gasteiger partial charge in [0.25, 0.3) is 11.8 Å². The van der Waals surface area contributed by atoms with Gasteiger partial charge in [0.2, 0.25) is 10.0 Å². The van der Waals surface area contributed by atoms with Gasteiger partial charge in [-0.05, 0) is 47.5 Å². The molecular weight excluding hydrogens is 470 g/mol. The zero-order chi connectivity index (χ0) is 25.4. The molecule has 3 rings (SSSR count). The van der Waals surface area contributed by atoms with Gasteiger partial charge in [-0.25, -0.2) is 8.42 Å². The Kier molecular flexibility index (Phi) is 8.67. The molecule has 0 unspecified atom stereocenters. The average Bonchev–Trinajstić information content (AvgIpc) is 2.87. The highest BCUT2D eigenvalue weighted by Gasteiger charge is 2.23. The van der Waals surface area contributed by atoms with Crippen molar-refractivity contribution in [3.63, 3.8) is 0 Å². The quantitative estimate of drug-likeness (QED) is 0.327. The van der Waals surface area contributed by atoms with Gasteiger partial charge in [0, 0.05) is 12.6 Å². The molecule has 0 bridgehead atoms. The number of unbranched alkanes of at least 4 members (excludes halogenated alkanes) is 1. The number of sulfonamides is 1. The highest BCUT2D eigenvalue weighted by molar-refractivity contribution is 7.89. The molecule has 3 aromatic carbocycles. The van der Waals surface area contributed by atoms with E-state index in [1.807, 2.05) is 24.3 Å². The monoisotopic (exact) mass is 499 g/mol. The van der Waals surface area contributed by atoms with Gasteiger partial charge in [-0.1, -0.05) is 43.7 Å². The largest absolute Gasteiger partial charge is 0.493 e. The Bertz CT molecular complexity index is 1310.